The van der Waals surface area contributed by atoms with Crippen molar-refractivity contribution < 1.29 is 51.7 Å². The molecule has 0 aliphatic rings. The van der Waals surface area contributed by atoms with Crippen molar-refractivity contribution >= 4 is 0 Å². The molecule has 0 amide bonds. The van der Waals surface area contributed by atoms with Crippen LogP contribution in [0.5, 0.6) is 0 Å². The predicted octanol–water partition coefficient (Wildman–Crippen LogP) is -3.09. The molecular weight excluding hydrogens is 352 g/mol. The monoisotopic (exact) mass is 370 g/mol. The van der Waals surface area contributed by atoms with Crippen molar-refractivity contribution in [2.45, 2.75) is 0 Å². The summed E-state index contributed by atoms with van der Waals surface area (Å²) in [6, 6.07) is 0. The van der Waals surface area contributed by atoms with E-state index < -0.39 is 0 Å². The summed E-state index contributed by atoms with van der Waals surface area (Å²) in [5.41, 5.74) is 0. The molecule has 0 saturated carbocycles. The maximum absolute atomic E-state index is 7.62. The van der Waals surface area contributed by atoms with Crippen LogP contribution >= 0.6 is 0 Å². The van der Waals surface area contributed by atoms with Gasteiger partial charge >= 0.3 is 0 Å². The molecule has 0 aliphatic carbocycles. The zero-order valence-corrected chi connectivity index (χ0v) is 10.3. The van der Waals surface area contributed by atoms with Crippen molar-refractivity contribution in [3.8, 4) is 0 Å². The second kappa shape index (κ2) is 39.2. The van der Waals surface area contributed by atoms with E-state index >= 15 is 0 Å². The minimum Gasteiger partial charge on any atom is -0.394 e. The normalized spacial score (nSPS) is 6.92. The Morgan fingerprint density at radius 2 is 0.462 bits per heavy atom. The number of hydrogen-bond donors (Lipinski definition) is 6. The molecule has 0 fully saturated rings. The van der Waals surface area contributed by atoms with Gasteiger partial charge in [-0.2, -0.15) is 0 Å². The number of aliphatic hydroxyl groups excluding tert-OH is 6. The van der Waals surface area contributed by atoms with E-state index in [0.29, 0.717) is 0 Å². The SMILES string of the molecule is OCCO.OCCO.OCCO.[W]. The molecule has 0 rings (SSSR count). The van der Waals surface area contributed by atoms with E-state index in [-0.39, 0.29) is 60.7 Å². The molecule has 7 heteroatoms. The van der Waals surface area contributed by atoms with Gasteiger partial charge < -0.3 is 30.6 Å². The van der Waals surface area contributed by atoms with E-state index in [1.54, 1.807) is 0 Å². The van der Waals surface area contributed by atoms with Gasteiger partial charge in [-0.1, -0.05) is 0 Å². The summed E-state index contributed by atoms with van der Waals surface area (Å²) in [6.45, 7) is -0.750. The largest absolute Gasteiger partial charge is 0.394 e. The summed E-state index contributed by atoms with van der Waals surface area (Å²) in [7, 11) is 0. The molecule has 6 nitrogen and oxygen atoms in total. The second-order valence-electron chi connectivity index (χ2n) is 1.34. The molecule has 0 heterocycles. The summed E-state index contributed by atoms with van der Waals surface area (Å²) in [5, 5.41) is 45.8. The van der Waals surface area contributed by atoms with Crippen molar-refractivity contribution in [1.29, 1.82) is 0 Å². The number of aliphatic hydroxyl groups is 6. The predicted molar refractivity (Wildman–Crippen MR) is 42.5 cm³/mol. The third kappa shape index (κ3) is 114. The summed E-state index contributed by atoms with van der Waals surface area (Å²) < 4.78 is 0. The molecule has 0 radical (unpaired) electrons. The molecule has 0 saturated heterocycles. The number of rotatable bonds is 3. The fraction of sp³-hybridized carbons (Fsp3) is 1.00. The van der Waals surface area contributed by atoms with Crippen LogP contribution < -0.4 is 0 Å². The Labute approximate surface area is 91.7 Å². The van der Waals surface area contributed by atoms with Gasteiger partial charge in [0.15, 0.2) is 0 Å². The van der Waals surface area contributed by atoms with Crippen LogP contribution in [-0.4, -0.2) is 70.3 Å². The Morgan fingerprint density at radius 3 is 0.462 bits per heavy atom. The average Bonchev–Trinajstić information content (AvgIpc) is 2.18. The van der Waals surface area contributed by atoms with Crippen LogP contribution in [0, 0.1) is 0 Å². The van der Waals surface area contributed by atoms with Crippen molar-refractivity contribution in [3.63, 3.8) is 0 Å². The molecule has 13 heavy (non-hydrogen) atoms. The van der Waals surface area contributed by atoms with Gasteiger partial charge in [-0.15, -0.1) is 0 Å². The first kappa shape index (κ1) is 23.3. The molecular formula is C6H18O6W. The third-order valence-corrected chi connectivity index (χ3v) is 0.300. The summed E-state index contributed by atoms with van der Waals surface area (Å²) in [6.07, 6.45) is 0. The molecule has 6 N–H and O–H groups in total. The van der Waals surface area contributed by atoms with Gasteiger partial charge in [0.2, 0.25) is 0 Å². The van der Waals surface area contributed by atoms with Crippen molar-refractivity contribution in [2.24, 2.45) is 0 Å². The molecule has 0 aliphatic heterocycles. The van der Waals surface area contributed by atoms with Gasteiger partial charge in [0.05, 0.1) is 39.6 Å². The van der Waals surface area contributed by atoms with E-state index in [4.69, 9.17) is 30.6 Å². The van der Waals surface area contributed by atoms with Crippen LogP contribution in [0.25, 0.3) is 0 Å². The quantitative estimate of drug-likeness (QED) is 0.313. The van der Waals surface area contributed by atoms with Crippen LogP contribution in [0.2, 0.25) is 0 Å². The molecule has 0 aromatic rings. The minimum atomic E-state index is -0.125. The fourth-order valence-corrected chi connectivity index (χ4v) is 0. The maximum Gasteiger partial charge on any atom is 0.0662 e. The van der Waals surface area contributed by atoms with Crippen LogP contribution in [-0.2, 0) is 21.1 Å². The standard InChI is InChI=1S/3C2H6O2.W/c3*3-1-2-4;/h3*3-4H,1-2H2;. The van der Waals surface area contributed by atoms with Gasteiger partial charge in [-0.3, -0.25) is 0 Å². The smallest absolute Gasteiger partial charge is 0.0662 e. The van der Waals surface area contributed by atoms with Gasteiger partial charge in [-0.25, -0.2) is 0 Å². The van der Waals surface area contributed by atoms with E-state index in [1.165, 1.54) is 0 Å². The zero-order valence-electron chi connectivity index (χ0n) is 7.33. The van der Waals surface area contributed by atoms with E-state index in [1.807, 2.05) is 0 Å². The molecule has 84 valence electrons. The Bertz CT molecular complexity index is 32.6. The van der Waals surface area contributed by atoms with Crippen LogP contribution in [0.4, 0.5) is 0 Å². The first-order chi connectivity index (χ1) is 5.74. The molecule has 0 spiro atoms. The molecule has 0 aromatic heterocycles. The van der Waals surface area contributed by atoms with Gasteiger partial charge in [0.25, 0.3) is 0 Å². The average molecular weight is 370 g/mol. The summed E-state index contributed by atoms with van der Waals surface area (Å²) >= 11 is 0. The minimum absolute atomic E-state index is 0. The molecule has 0 unspecified atom stereocenters. The second-order valence-corrected chi connectivity index (χ2v) is 1.34. The van der Waals surface area contributed by atoms with Crippen molar-refractivity contribution in [2.75, 3.05) is 39.6 Å². The van der Waals surface area contributed by atoms with Gasteiger partial charge in [0, 0.05) is 21.1 Å². The Hall–Kier alpha value is 0.448. The first-order valence-corrected chi connectivity index (χ1v) is 3.40. The van der Waals surface area contributed by atoms with Crippen LogP contribution in [0.15, 0.2) is 0 Å². The van der Waals surface area contributed by atoms with Crippen molar-refractivity contribution in [3.05, 3.63) is 0 Å². The third-order valence-electron chi connectivity index (χ3n) is 0.300. The Kier molecular flexibility index (Phi) is 70.5. The maximum atomic E-state index is 7.62. The van der Waals surface area contributed by atoms with Crippen molar-refractivity contribution in [1.82, 2.24) is 0 Å². The Balaban J connectivity index is -0.0000000450. The fourth-order valence-electron chi connectivity index (χ4n) is 0. The number of hydrogen-bond acceptors (Lipinski definition) is 6. The molecule has 0 bridgehead atoms. The summed E-state index contributed by atoms with van der Waals surface area (Å²) in [4.78, 5) is 0. The molecule has 0 atom stereocenters. The Morgan fingerprint density at radius 1 is 0.385 bits per heavy atom. The summed E-state index contributed by atoms with van der Waals surface area (Å²) in [5.74, 6) is 0. The van der Waals surface area contributed by atoms with Gasteiger partial charge in [-0.05, 0) is 0 Å². The topological polar surface area (TPSA) is 121 Å². The van der Waals surface area contributed by atoms with E-state index in [9.17, 15) is 0 Å². The van der Waals surface area contributed by atoms with E-state index in [0.717, 1.165) is 0 Å². The first-order valence-electron chi connectivity index (χ1n) is 3.40. The van der Waals surface area contributed by atoms with Crippen LogP contribution in [0.3, 0.4) is 0 Å². The van der Waals surface area contributed by atoms with Crippen LogP contribution in [0.1, 0.15) is 0 Å². The molecule has 0 aromatic carbocycles. The van der Waals surface area contributed by atoms with Gasteiger partial charge in [0.1, 0.15) is 0 Å². The van der Waals surface area contributed by atoms with E-state index in [2.05, 4.69) is 0 Å². The zero-order chi connectivity index (χ0) is 10.2.